The molecular formula is C15H25NO3. The molecule has 4 heteroatoms. The summed E-state index contributed by atoms with van der Waals surface area (Å²) in [6.45, 7) is 2.24. The number of rotatable bonds is 7. The monoisotopic (exact) mass is 267 g/mol. The van der Waals surface area contributed by atoms with Crippen LogP contribution in [0.2, 0.25) is 0 Å². The van der Waals surface area contributed by atoms with Crippen LogP contribution in [0.25, 0.3) is 0 Å². The first kappa shape index (κ1) is 14.6. The highest BCUT2D eigenvalue weighted by Gasteiger charge is 2.21. The van der Waals surface area contributed by atoms with Crippen LogP contribution in [0.4, 0.5) is 0 Å². The molecule has 0 aliphatic heterocycles. The van der Waals surface area contributed by atoms with E-state index in [9.17, 15) is 5.11 Å². The predicted molar refractivity (Wildman–Crippen MR) is 73.8 cm³/mol. The summed E-state index contributed by atoms with van der Waals surface area (Å²) in [6, 6.07) is 4.58. The van der Waals surface area contributed by atoms with E-state index in [4.69, 9.17) is 9.15 Å². The molecule has 1 aliphatic carbocycles. The zero-order chi connectivity index (χ0) is 13.5. The Morgan fingerprint density at radius 2 is 2.00 bits per heavy atom. The number of furan rings is 1. The van der Waals surface area contributed by atoms with E-state index in [2.05, 4.69) is 4.90 Å². The van der Waals surface area contributed by atoms with E-state index in [0.29, 0.717) is 12.6 Å². The summed E-state index contributed by atoms with van der Waals surface area (Å²) >= 11 is 0. The molecule has 2 rings (SSSR count). The second-order valence-electron chi connectivity index (χ2n) is 5.29. The molecule has 0 unspecified atom stereocenters. The minimum atomic E-state index is 0.210. The van der Waals surface area contributed by atoms with Gasteiger partial charge in [0.1, 0.15) is 18.1 Å². The van der Waals surface area contributed by atoms with Gasteiger partial charge in [-0.15, -0.1) is 0 Å². The van der Waals surface area contributed by atoms with Crippen LogP contribution in [-0.4, -0.2) is 36.3 Å². The normalized spacial score (nSPS) is 17.2. The van der Waals surface area contributed by atoms with E-state index >= 15 is 0 Å². The zero-order valence-electron chi connectivity index (χ0n) is 11.8. The maximum atomic E-state index is 9.24. The number of methoxy groups -OCH3 is 1. The molecular weight excluding hydrogens is 242 g/mol. The zero-order valence-corrected chi connectivity index (χ0v) is 11.8. The summed E-state index contributed by atoms with van der Waals surface area (Å²) in [6.07, 6.45) is 6.44. The summed E-state index contributed by atoms with van der Waals surface area (Å²) in [5.74, 6) is 1.83. The Morgan fingerprint density at radius 1 is 1.26 bits per heavy atom. The lowest BCUT2D eigenvalue weighted by Gasteiger charge is -2.33. The Morgan fingerprint density at radius 3 is 2.68 bits per heavy atom. The average Bonchev–Trinajstić information content (AvgIpc) is 2.87. The molecule has 0 aromatic carbocycles. The Labute approximate surface area is 115 Å². The van der Waals surface area contributed by atoms with Gasteiger partial charge in [0.25, 0.3) is 0 Å². The highest BCUT2D eigenvalue weighted by atomic mass is 16.5. The molecule has 0 saturated heterocycles. The quantitative estimate of drug-likeness (QED) is 0.824. The maximum Gasteiger partial charge on any atom is 0.129 e. The van der Waals surface area contributed by atoms with Crippen molar-refractivity contribution in [2.24, 2.45) is 0 Å². The molecule has 1 aromatic heterocycles. The van der Waals surface area contributed by atoms with E-state index in [1.165, 1.54) is 32.1 Å². The van der Waals surface area contributed by atoms with Crippen molar-refractivity contribution in [2.45, 2.75) is 51.3 Å². The van der Waals surface area contributed by atoms with Crippen LogP contribution in [0, 0.1) is 0 Å². The fourth-order valence-corrected chi connectivity index (χ4v) is 2.89. The van der Waals surface area contributed by atoms with E-state index in [-0.39, 0.29) is 6.61 Å². The van der Waals surface area contributed by atoms with Gasteiger partial charge in [-0.2, -0.15) is 0 Å². The Hall–Kier alpha value is -0.840. The highest BCUT2D eigenvalue weighted by molar-refractivity contribution is 5.06. The topological polar surface area (TPSA) is 45.8 Å². The van der Waals surface area contributed by atoms with Gasteiger partial charge in [-0.3, -0.25) is 4.90 Å². The standard InChI is InChI=1S/C15H25NO3/c1-18-12-15-8-7-14(19-15)11-16(9-10-17)13-5-3-2-4-6-13/h7-8,13,17H,2-6,9-12H2,1H3. The van der Waals surface area contributed by atoms with E-state index < -0.39 is 0 Å². The molecule has 108 valence electrons. The van der Waals surface area contributed by atoms with Crippen molar-refractivity contribution in [2.75, 3.05) is 20.3 Å². The van der Waals surface area contributed by atoms with Crippen LogP contribution in [0.15, 0.2) is 16.5 Å². The van der Waals surface area contributed by atoms with Crippen LogP contribution in [-0.2, 0) is 17.9 Å². The van der Waals surface area contributed by atoms with Crippen molar-refractivity contribution in [1.82, 2.24) is 4.90 Å². The van der Waals surface area contributed by atoms with Crippen LogP contribution in [0.5, 0.6) is 0 Å². The molecule has 0 radical (unpaired) electrons. The third-order valence-corrected chi connectivity index (χ3v) is 3.84. The fraction of sp³-hybridized carbons (Fsp3) is 0.733. The predicted octanol–water partition coefficient (Wildman–Crippen LogP) is 2.55. The Kier molecular flexibility index (Phi) is 5.89. The van der Waals surface area contributed by atoms with Crippen molar-refractivity contribution in [1.29, 1.82) is 0 Å². The first-order chi connectivity index (χ1) is 9.33. The van der Waals surface area contributed by atoms with Crippen LogP contribution >= 0.6 is 0 Å². The third-order valence-electron chi connectivity index (χ3n) is 3.84. The van der Waals surface area contributed by atoms with Crippen LogP contribution in [0.1, 0.15) is 43.6 Å². The first-order valence-corrected chi connectivity index (χ1v) is 7.25. The smallest absolute Gasteiger partial charge is 0.129 e. The molecule has 0 bridgehead atoms. The van der Waals surface area contributed by atoms with E-state index in [1.54, 1.807) is 7.11 Å². The molecule has 1 heterocycles. The molecule has 1 fully saturated rings. The summed E-state index contributed by atoms with van der Waals surface area (Å²) < 4.78 is 10.8. The molecule has 4 nitrogen and oxygen atoms in total. The van der Waals surface area contributed by atoms with Crippen molar-refractivity contribution in [3.8, 4) is 0 Å². The molecule has 1 aliphatic rings. The van der Waals surface area contributed by atoms with Gasteiger partial charge in [-0.05, 0) is 25.0 Å². The van der Waals surface area contributed by atoms with Gasteiger partial charge in [0.2, 0.25) is 0 Å². The van der Waals surface area contributed by atoms with E-state index in [0.717, 1.165) is 24.6 Å². The molecule has 1 saturated carbocycles. The molecule has 0 amide bonds. The van der Waals surface area contributed by atoms with Crippen molar-refractivity contribution >= 4 is 0 Å². The second kappa shape index (κ2) is 7.68. The molecule has 19 heavy (non-hydrogen) atoms. The first-order valence-electron chi connectivity index (χ1n) is 7.25. The summed E-state index contributed by atoms with van der Waals surface area (Å²) in [5, 5.41) is 9.24. The average molecular weight is 267 g/mol. The Bertz CT molecular complexity index is 358. The number of hydrogen-bond acceptors (Lipinski definition) is 4. The van der Waals surface area contributed by atoms with Gasteiger partial charge in [-0.1, -0.05) is 19.3 Å². The number of ether oxygens (including phenoxy) is 1. The van der Waals surface area contributed by atoms with Crippen molar-refractivity contribution in [3.05, 3.63) is 23.7 Å². The molecule has 1 N–H and O–H groups in total. The third kappa shape index (κ3) is 4.34. The van der Waals surface area contributed by atoms with Gasteiger partial charge >= 0.3 is 0 Å². The van der Waals surface area contributed by atoms with Crippen molar-refractivity contribution in [3.63, 3.8) is 0 Å². The van der Waals surface area contributed by atoms with Crippen LogP contribution in [0.3, 0.4) is 0 Å². The minimum absolute atomic E-state index is 0.210. The lowest BCUT2D eigenvalue weighted by molar-refractivity contribution is 0.106. The SMILES string of the molecule is COCc1ccc(CN(CCO)C2CCCCC2)o1. The highest BCUT2D eigenvalue weighted by Crippen LogP contribution is 2.24. The lowest BCUT2D eigenvalue weighted by atomic mass is 9.94. The fourth-order valence-electron chi connectivity index (χ4n) is 2.89. The number of nitrogens with zero attached hydrogens (tertiary/aromatic N) is 1. The number of hydrogen-bond donors (Lipinski definition) is 1. The Balaban J connectivity index is 1.94. The molecule has 0 atom stereocenters. The number of aliphatic hydroxyl groups is 1. The van der Waals surface area contributed by atoms with Gasteiger partial charge in [0.15, 0.2) is 0 Å². The summed E-state index contributed by atoms with van der Waals surface area (Å²) in [7, 11) is 1.67. The lowest BCUT2D eigenvalue weighted by Crippen LogP contribution is -2.38. The maximum absolute atomic E-state index is 9.24. The molecule has 1 aromatic rings. The van der Waals surface area contributed by atoms with Gasteiger partial charge in [-0.25, -0.2) is 0 Å². The largest absolute Gasteiger partial charge is 0.462 e. The summed E-state index contributed by atoms with van der Waals surface area (Å²) in [4.78, 5) is 2.36. The van der Waals surface area contributed by atoms with E-state index in [1.807, 2.05) is 12.1 Å². The van der Waals surface area contributed by atoms with Gasteiger partial charge in [0, 0.05) is 19.7 Å². The number of aliphatic hydroxyl groups excluding tert-OH is 1. The van der Waals surface area contributed by atoms with Gasteiger partial charge < -0.3 is 14.3 Å². The van der Waals surface area contributed by atoms with Crippen molar-refractivity contribution < 1.29 is 14.3 Å². The summed E-state index contributed by atoms with van der Waals surface area (Å²) in [5.41, 5.74) is 0. The second-order valence-corrected chi connectivity index (χ2v) is 5.29. The van der Waals surface area contributed by atoms with Crippen LogP contribution < -0.4 is 0 Å². The molecule has 0 spiro atoms. The van der Waals surface area contributed by atoms with Gasteiger partial charge in [0.05, 0.1) is 13.2 Å². The minimum Gasteiger partial charge on any atom is -0.462 e.